The molecule has 0 radical (unpaired) electrons. The number of alkyl halides is 1. The summed E-state index contributed by atoms with van der Waals surface area (Å²) in [6, 6.07) is 6.07. The van der Waals surface area contributed by atoms with Gasteiger partial charge in [0, 0.05) is 23.8 Å². The van der Waals surface area contributed by atoms with Gasteiger partial charge in [-0.15, -0.1) is 11.6 Å². The monoisotopic (exact) mass is 238 g/mol. The van der Waals surface area contributed by atoms with Gasteiger partial charge in [0.05, 0.1) is 17.7 Å². The van der Waals surface area contributed by atoms with Crippen molar-refractivity contribution < 1.29 is 4.74 Å². The third-order valence-electron chi connectivity index (χ3n) is 2.63. The molecule has 0 fully saturated rings. The predicted molar refractivity (Wildman–Crippen MR) is 64.9 cm³/mol. The van der Waals surface area contributed by atoms with Crippen LogP contribution in [0.2, 0.25) is 0 Å². The second-order valence-corrected chi connectivity index (χ2v) is 4.54. The quantitative estimate of drug-likeness (QED) is 0.766. The third kappa shape index (κ3) is 2.20. The van der Waals surface area contributed by atoms with Crippen molar-refractivity contribution in [2.24, 2.45) is 0 Å². The van der Waals surface area contributed by atoms with E-state index in [9.17, 15) is 0 Å². The first-order valence-corrected chi connectivity index (χ1v) is 5.81. The molecular formula is C12H15ClN2O. The van der Waals surface area contributed by atoms with Crippen LogP contribution in [-0.4, -0.2) is 22.1 Å². The van der Waals surface area contributed by atoms with Crippen molar-refractivity contribution in [3.63, 3.8) is 0 Å². The Morgan fingerprint density at radius 3 is 2.94 bits per heavy atom. The molecule has 0 aliphatic heterocycles. The van der Waals surface area contributed by atoms with Crippen LogP contribution in [0.1, 0.15) is 19.4 Å². The van der Waals surface area contributed by atoms with Gasteiger partial charge in [-0.05, 0) is 26.0 Å². The van der Waals surface area contributed by atoms with E-state index in [1.807, 2.05) is 36.7 Å². The van der Waals surface area contributed by atoms with E-state index in [4.69, 9.17) is 16.3 Å². The summed E-state index contributed by atoms with van der Waals surface area (Å²) in [5.74, 6) is 0.507. The Hall–Kier alpha value is -1.06. The number of fused-ring (bicyclic) bond motifs is 1. The van der Waals surface area contributed by atoms with Crippen LogP contribution in [0.4, 0.5) is 0 Å². The number of nitrogens with zero attached hydrogens (tertiary/aromatic N) is 2. The molecule has 16 heavy (non-hydrogen) atoms. The summed E-state index contributed by atoms with van der Waals surface area (Å²) in [5, 5.41) is 4.21. The largest absolute Gasteiger partial charge is 0.370 e. The fourth-order valence-electron chi connectivity index (χ4n) is 1.65. The molecule has 0 spiro atoms. The Balaban J connectivity index is 2.30. The van der Waals surface area contributed by atoms with E-state index < -0.39 is 0 Å². The van der Waals surface area contributed by atoms with Crippen LogP contribution in [0.15, 0.2) is 30.6 Å². The standard InChI is InChI=1S/C12H15ClN2O/c1-12(2,16-8-6-13)10-3-4-11-5-7-14-15(11)9-10/h3-5,7,9H,6,8H2,1-2H3. The van der Waals surface area contributed by atoms with Gasteiger partial charge in [-0.1, -0.05) is 6.07 Å². The van der Waals surface area contributed by atoms with Crippen LogP contribution >= 0.6 is 11.6 Å². The van der Waals surface area contributed by atoms with Crippen LogP contribution < -0.4 is 0 Å². The summed E-state index contributed by atoms with van der Waals surface area (Å²) >= 11 is 5.63. The van der Waals surface area contributed by atoms with Crippen LogP contribution in [0.3, 0.4) is 0 Å². The van der Waals surface area contributed by atoms with Crippen LogP contribution in [0.5, 0.6) is 0 Å². The normalized spacial score (nSPS) is 12.2. The Morgan fingerprint density at radius 1 is 1.38 bits per heavy atom. The Kier molecular flexibility index (Phi) is 3.17. The first-order chi connectivity index (χ1) is 7.63. The first kappa shape index (κ1) is 11.4. The maximum atomic E-state index is 5.72. The van der Waals surface area contributed by atoms with Gasteiger partial charge < -0.3 is 4.74 Å². The summed E-state index contributed by atoms with van der Waals surface area (Å²) in [4.78, 5) is 0. The van der Waals surface area contributed by atoms with Gasteiger partial charge in [0.2, 0.25) is 0 Å². The van der Waals surface area contributed by atoms with E-state index in [0.717, 1.165) is 11.1 Å². The number of hydrogen-bond donors (Lipinski definition) is 0. The van der Waals surface area contributed by atoms with E-state index in [1.54, 1.807) is 6.20 Å². The van der Waals surface area contributed by atoms with Crippen LogP contribution in [0, 0.1) is 0 Å². The van der Waals surface area contributed by atoms with Crippen molar-refractivity contribution in [2.75, 3.05) is 12.5 Å². The van der Waals surface area contributed by atoms with Gasteiger partial charge in [0.15, 0.2) is 0 Å². The molecule has 2 aromatic heterocycles. The molecule has 0 N–H and O–H groups in total. The molecule has 2 heterocycles. The minimum absolute atomic E-state index is 0.338. The highest BCUT2D eigenvalue weighted by Crippen LogP contribution is 2.24. The number of halogens is 1. The molecule has 3 nitrogen and oxygen atoms in total. The molecule has 0 unspecified atom stereocenters. The molecular weight excluding hydrogens is 224 g/mol. The second kappa shape index (κ2) is 4.44. The second-order valence-electron chi connectivity index (χ2n) is 4.17. The van der Waals surface area contributed by atoms with Gasteiger partial charge in [0.1, 0.15) is 0 Å². The first-order valence-electron chi connectivity index (χ1n) is 5.27. The SMILES string of the molecule is CC(C)(OCCCl)c1ccc2ccnn2c1. The lowest BCUT2D eigenvalue weighted by atomic mass is 10.00. The molecule has 86 valence electrons. The molecule has 0 aromatic carbocycles. The number of hydrogen-bond acceptors (Lipinski definition) is 2. The van der Waals surface area contributed by atoms with E-state index in [0.29, 0.717) is 12.5 Å². The van der Waals surface area contributed by atoms with Gasteiger partial charge in [-0.3, -0.25) is 0 Å². The average molecular weight is 239 g/mol. The van der Waals surface area contributed by atoms with Gasteiger partial charge >= 0.3 is 0 Å². The Morgan fingerprint density at radius 2 is 2.19 bits per heavy atom. The summed E-state index contributed by atoms with van der Waals surface area (Å²) in [7, 11) is 0. The van der Waals surface area contributed by atoms with Crippen molar-refractivity contribution >= 4 is 17.1 Å². The summed E-state index contributed by atoms with van der Waals surface area (Å²) in [6.07, 6.45) is 3.77. The fraction of sp³-hybridized carbons (Fsp3) is 0.417. The van der Waals surface area contributed by atoms with Crippen molar-refractivity contribution in [2.45, 2.75) is 19.4 Å². The Bertz CT molecular complexity index is 479. The topological polar surface area (TPSA) is 26.5 Å². The highest BCUT2D eigenvalue weighted by Gasteiger charge is 2.21. The van der Waals surface area contributed by atoms with Gasteiger partial charge in [0.25, 0.3) is 0 Å². The molecule has 0 saturated heterocycles. The lowest BCUT2D eigenvalue weighted by molar-refractivity contribution is -0.0132. The maximum Gasteiger partial charge on any atom is 0.0890 e. The summed E-state index contributed by atoms with van der Waals surface area (Å²) in [5.41, 5.74) is 1.83. The zero-order chi connectivity index (χ0) is 11.6. The third-order valence-corrected chi connectivity index (χ3v) is 2.79. The number of ether oxygens (including phenoxy) is 1. The summed E-state index contributed by atoms with van der Waals surface area (Å²) < 4.78 is 7.57. The highest BCUT2D eigenvalue weighted by atomic mass is 35.5. The van der Waals surface area contributed by atoms with E-state index in [1.165, 1.54) is 0 Å². The summed E-state index contributed by atoms with van der Waals surface area (Å²) in [6.45, 7) is 4.61. The van der Waals surface area contributed by atoms with E-state index >= 15 is 0 Å². The van der Waals surface area contributed by atoms with Crippen LogP contribution in [0.25, 0.3) is 5.52 Å². The molecule has 0 atom stereocenters. The molecule has 0 aliphatic carbocycles. The Labute approximate surface area is 100.0 Å². The molecule has 2 rings (SSSR count). The number of rotatable bonds is 4. The highest BCUT2D eigenvalue weighted by molar-refractivity contribution is 6.17. The van der Waals surface area contributed by atoms with Crippen LogP contribution in [-0.2, 0) is 10.3 Å². The number of aromatic nitrogens is 2. The average Bonchev–Trinajstić information content (AvgIpc) is 2.73. The molecule has 0 saturated carbocycles. The molecule has 0 bridgehead atoms. The molecule has 2 aromatic rings. The predicted octanol–water partition coefficient (Wildman–Crippen LogP) is 2.82. The van der Waals surface area contributed by atoms with E-state index in [2.05, 4.69) is 11.2 Å². The lowest BCUT2D eigenvalue weighted by Crippen LogP contribution is -2.23. The van der Waals surface area contributed by atoms with Crippen molar-refractivity contribution in [3.8, 4) is 0 Å². The maximum absolute atomic E-state index is 5.72. The van der Waals surface area contributed by atoms with Crippen molar-refractivity contribution in [3.05, 3.63) is 36.2 Å². The van der Waals surface area contributed by atoms with Crippen molar-refractivity contribution in [1.82, 2.24) is 9.61 Å². The molecule has 0 aliphatic rings. The van der Waals surface area contributed by atoms with E-state index in [-0.39, 0.29) is 5.60 Å². The molecule has 4 heteroatoms. The zero-order valence-electron chi connectivity index (χ0n) is 9.48. The fourth-order valence-corrected chi connectivity index (χ4v) is 1.72. The smallest absolute Gasteiger partial charge is 0.0890 e. The zero-order valence-corrected chi connectivity index (χ0v) is 10.2. The molecule has 0 amide bonds. The number of pyridine rings is 1. The minimum Gasteiger partial charge on any atom is -0.370 e. The lowest BCUT2D eigenvalue weighted by Gasteiger charge is -2.25. The minimum atomic E-state index is -0.338. The van der Waals surface area contributed by atoms with Crippen molar-refractivity contribution in [1.29, 1.82) is 0 Å². The van der Waals surface area contributed by atoms with Gasteiger partial charge in [-0.25, -0.2) is 4.52 Å². The van der Waals surface area contributed by atoms with Gasteiger partial charge in [-0.2, -0.15) is 5.10 Å².